The van der Waals surface area contributed by atoms with Crippen molar-refractivity contribution in [3.8, 4) is 0 Å². The third kappa shape index (κ3) is 5.84. The molecule has 4 N–H and O–H groups in total. The number of carboxylic acid groups (broad SMARTS) is 2. The van der Waals surface area contributed by atoms with E-state index in [0.29, 0.717) is 22.1 Å². The molecule has 1 unspecified atom stereocenters. The quantitative estimate of drug-likeness (QED) is 0.209. The Kier molecular flexibility index (Phi) is 7.78. The second kappa shape index (κ2) is 11.2. The summed E-state index contributed by atoms with van der Waals surface area (Å²) in [6.07, 6.45) is 0. The molecule has 8 nitrogen and oxygen atoms in total. The number of carbonyl (C=O) groups is 4. The highest BCUT2D eigenvalue weighted by Crippen LogP contribution is 2.29. The Morgan fingerprint density at radius 2 is 1.47 bits per heavy atom. The molecule has 38 heavy (non-hydrogen) atoms. The number of carbonyl (C=O) groups excluding carboxylic acids is 2. The molecule has 0 saturated heterocycles. The first-order chi connectivity index (χ1) is 18.1. The van der Waals surface area contributed by atoms with Crippen molar-refractivity contribution in [1.82, 2.24) is 0 Å². The van der Waals surface area contributed by atoms with Crippen LogP contribution in [0.15, 0.2) is 83.8 Å². The van der Waals surface area contributed by atoms with Crippen molar-refractivity contribution in [1.29, 1.82) is 0 Å². The maximum absolute atomic E-state index is 13.1. The first-order valence-electron chi connectivity index (χ1n) is 11.6. The van der Waals surface area contributed by atoms with Crippen LogP contribution in [-0.2, 0) is 4.79 Å². The molecule has 0 fully saturated rings. The fourth-order valence-corrected chi connectivity index (χ4v) is 4.86. The lowest BCUT2D eigenvalue weighted by molar-refractivity contribution is -0.115. The summed E-state index contributed by atoms with van der Waals surface area (Å²) in [7, 11) is 0. The Hall–Kier alpha value is -4.63. The van der Waals surface area contributed by atoms with E-state index in [1.54, 1.807) is 74.5 Å². The maximum Gasteiger partial charge on any atom is 0.336 e. The van der Waals surface area contributed by atoms with Gasteiger partial charge >= 0.3 is 11.9 Å². The molecule has 0 bridgehead atoms. The molecule has 192 valence electrons. The van der Waals surface area contributed by atoms with Crippen LogP contribution in [-0.4, -0.2) is 39.2 Å². The van der Waals surface area contributed by atoms with Gasteiger partial charge < -0.3 is 20.8 Å². The van der Waals surface area contributed by atoms with Crippen LogP contribution >= 0.6 is 11.8 Å². The number of aromatic carboxylic acids is 2. The summed E-state index contributed by atoms with van der Waals surface area (Å²) in [5.41, 5.74) is 2.02. The number of hydrogen-bond donors (Lipinski definition) is 4. The molecular weight excluding hydrogens is 504 g/mol. The molecule has 0 radical (unpaired) electrons. The van der Waals surface area contributed by atoms with E-state index < -0.39 is 23.1 Å². The van der Waals surface area contributed by atoms with Gasteiger partial charge in [0.05, 0.1) is 16.4 Å². The van der Waals surface area contributed by atoms with E-state index in [0.717, 1.165) is 10.5 Å². The fraction of sp³-hybridized carbons (Fsp3) is 0.103. The molecule has 0 aliphatic rings. The van der Waals surface area contributed by atoms with E-state index >= 15 is 0 Å². The van der Waals surface area contributed by atoms with Crippen molar-refractivity contribution in [2.45, 2.75) is 24.0 Å². The van der Waals surface area contributed by atoms with Gasteiger partial charge in [0.1, 0.15) is 0 Å². The number of aryl methyl sites for hydroxylation is 1. The second-order valence-electron chi connectivity index (χ2n) is 8.58. The Morgan fingerprint density at radius 1 is 0.789 bits per heavy atom. The minimum Gasteiger partial charge on any atom is -0.478 e. The van der Waals surface area contributed by atoms with Crippen molar-refractivity contribution in [3.05, 3.63) is 101 Å². The molecule has 0 heterocycles. The lowest BCUT2D eigenvalue weighted by Crippen LogP contribution is -2.23. The summed E-state index contributed by atoms with van der Waals surface area (Å²) < 4.78 is 0. The van der Waals surface area contributed by atoms with Crippen molar-refractivity contribution in [2.75, 3.05) is 10.6 Å². The molecule has 9 heteroatoms. The number of carboxylic acids is 2. The average Bonchev–Trinajstić information content (AvgIpc) is 2.89. The van der Waals surface area contributed by atoms with E-state index in [1.807, 2.05) is 0 Å². The number of rotatable bonds is 8. The summed E-state index contributed by atoms with van der Waals surface area (Å²) in [5.74, 6) is -2.95. The standard InChI is InChI=1S/C29H24N2O6S/c1-16-12-13-19(28(34)35)14-24(16)31-26(32)17(2)38-21-9-5-8-20(15-21)30-27(33)22-10-3-6-18-7-4-11-23(25(18)22)29(36)37/h3-15,17H,1-2H3,(H,30,33)(H,31,32)(H,34,35)(H,36,37). The number of nitrogens with one attached hydrogen (secondary N) is 2. The van der Waals surface area contributed by atoms with E-state index in [9.17, 15) is 29.4 Å². The van der Waals surface area contributed by atoms with Gasteiger partial charge in [0, 0.05) is 27.2 Å². The number of amides is 2. The molecule has 0 saturated carbocycles. The first-order valence-corrected chi connectivity index (χ1v) is 12.5. The largest absolute Gasteiger partial charge is 0.478 e. The topological polar surface area (TPSA) is 133 Å². The molecule has 1 atom stereocenters. The van der Waals surface area contributed by atoms with Gasteiger partial charge in [0.2, 0.25) is 5.91 Å². The third-order valence-corrected chi connectivity index (χ3v) is 6.99. The number of thioether (sulfide) groups is 1. The smallest absolute Gasteiger partial charge is 0.336 e. The maximum atomic E-state index is 13.1. The second-order valence-corrected chi connectivity index (χ2v) is 9.99. The van der Waals surface area contributed by atoms with Gasteiger partial charge in [0.15, 0.2) is 0 Å². The van der Waals surface area contributed by atoms with Gasteiger partial charge in [-0.15, -0.1) is 11.8 Å². The van der Waals surface area contributed by atoms with Gasteiger partial charge in [-0.2, -0.15) is 0 Å². The van der Waals surface area contributed by atoms with Crippen LogP contribution in [0, 0.1) is 6.92 Å². The van der Waals surface area contributed by atoms with Crippen molar-refractivity contribution in [3.63, 3.8) is 0 Å². The van der Waals surface area contributed by atoms with Crippen molar-refractivity contribution >= 4 is 57.7 Å². The number of hydrogen-bond acceptors (Lipinski definition) is 5. The third-order valence-electron chi connectivity index (χ3n) is 5.90. The molecule has 2 amide bonds. The zero-order chi connectivity index (χ0) is 27.4. The van der Waals surface area contributed by atoms with E-state index in [-0.39, 0.29) is 22.6 Å². The van der Waals surface area contributed by atoms with Gasteiger partial charge in [-0.25, -0.2) is 9.59 Å². The lowest BCUT2D eigenvalue weighted by Gasteiger charge is -2.15. The predicted octanol–water partition coefficient (Wildman–Crippen LogP) is 5.92. The van der Waals surface area contributed by atoms with Crippen molar-refractivity contribution in [2.24, 2.45) is 0 Å². The molecule has 0 aliphatic carbocycles. The Bertz CT molecular complexity index is 1580. The van der Waals surface area contributed by atoms with Crippen LogP contribution < -0.4 is 10.6 Å². The zero-order valence-corrected chi connectivity index (χ0v) is 21.3. The highest BCUT2D eigenvalue weighted by Gasteiger charge is 2.19. The van der Waals surface area contributed by atoms with Crippen molar-refractivity contribution < 1.29 is 29.4 Å². The van der Waals surface area contributed by atoms with Crippen LogP contribution in [0.3, 0.4) is 0 Å². The number of fused-ring (bicyclic) bond motifs is 1. The molecular formula is C29H24N2O6S. The normalized spacial score (nSPS) is 11.5. The fourth-order valence-electron chi connectivity index (χ4n) is 3.94. The van der Waals surface area contributed by atoms with Crippen LogP contribution in [0.25, 0.3) is 10.8 Å². The number of anilines is 2. The molecule has 0 spiro atoms. The SMILES string of the molecule is Cc1ccc(C(=O)O)cc1NC(=O)C(C)Sc1cccc(NC(=O)c2cccc3cccc(C(=O)O)c23)c1. The molecule has 0 aliphatic heterocycles. The summed E-state index contributed by atoms with van der Waals surface area (Å²) in [5, 5.41) is 24.9. The monoisotopic (exact) mass is 528 g/mol. The van der Waals surface area contributed by atoms with Gasteiger partial charge in [-0.05, 0) is 67.3 Å². The van der Waals surface area contributed by atoms with E-state index in [2.05, 4.69) is 10.6 Å². The Morgan fingerprint density at radius 3 is 2.16 bits per heavy atom. The highest BCUT2D eigenvalue weighted by molar-refractivity contribution is 8.00. The van der Waals surface area contributed by atoms with Crippen LogP contribution in [0.4, 0.5) is 11.4 Å². The van der Waals surface area contributed by atoms with Gasteiger partial charge in [-0.3, -0.25) is 9.59 Å². The van der Waals surface area contributed by atoms with E-state index in [4.69, 9.17) is 0 Å². The molecule has 4 rings (SSSR count). The van der Waals surface area contributed by atoms with Gasteiger partial charge in [0.25, 0.3) is 5.91 Å². The molecule has 0 aromatic heterocycles. The molecule has 4 aromatic carbocycles. The first kappa shape index (κ1) is 26.4. The number of benzene rings is 4. The lowest BCUT2D eigenvalue weighted by atomic mass is 9.98. The van der Waals surface area contributed by atoms with Crippen LogP contribution in [0.5, 0.6) is 0 Å². The molecule has 4 aromatic rings. The highest BCUT2D eigenvalue weighted by atomic mass is 32.2. The average molecular weight is 529 g/mol. The Balaban J connectivity index is 1.49. The minimum atomic E-state index is -1.12. The van der Waals surface area contributed by atoms with Crippen LogP contribution in [0.1, 0.15) is 43.6 Å². The Labute approximate surface area is 222 Å². The van der Waals surface area contributed by atoms with Crippen LogP contribution in [0.2, 0.25) is 0 Å². The minimum absolute atomic E-state index is 0.0431. The summed E-state index contributed by atoms with van der Waals surface area (Å²) >= 11 is 1.28. The summed E-state index contributed by atoms with van der Waals surface area (Å²) in [6, 6.07) is 21.4. The summed E-state index contributed by atoms with van der Waals surface area (Å²) in [6.45, 7) is 3.51. The summed E-state index contributed by atoms with van der Waals surface area (Å²) in [4.78, 5) is 49.7. The predicted molar refractivity (Wildman–Crippen MR) is 147 cm³/mol. The van der Waals surface area contributed by atoms with Gasteiger partial charge in [-0.1, -0.05) is 36.4 Å². The van der Waals surface area contributed by atoms with E-state index in [1.165, 1.54) is 30.0 Å². The zero-order valence-electron chi connectivity index (χ0n) is 20.5.